The minimum atomic E-state index is 0.113. The largest absolute Gasteiger partial charge is 0.228 e. The molecule has 1 fully saturated rings. The van der Waals surface area contributed by atoms with Gasteiger partial charge in [0.15, 0.2) is 5.82 Å². The predicted molar refractivity (Wildman–Crippen MR) is 199 cm³/mol. The topological polar surface area (TPSA) is 25.8 Å². The highest BCUT2D eigenvalue weighted by molar-refractivity contribution is 5.89. The molecule has 0 amide bonds. The Hall–Kier alpha value is -5.60. The van der Waals surface area contributed by atoms with E-state index in [0.29, 0.717) is 0 Å². The summed E-state index contributed by atoms with van der Waals surface area (Å²) in [7, 11) is 0. The standard InChI is InChI=1S/C46H36N2/c1-4-13-32(14-5-1)33-21-25-35(26-22-33)42-31-43(48-45(47-42)37-15-6-2-7-16-37)36-27-23-34(24-28-36)38-18-12-19-40-39-17-8-9-20-41(39)46(44(38)40)29-10-3-11-30-46/h1-2,4-9,12-28,31H,3,10-11,29-30H2. The van der Waals surface area contributed by atoms with Crippen molar-refractivity contribution in [2.45, 2.75) is 37.5 Å². The minimum absolute atomic E-state index is 0.113. The fourth-order valence-corrected chi connectivity index (χ4v) is 8.22. The Labute approximate surface area is 282 Å². The molecular weight excluding hydrogens is 581 g/mol. The maximum atomic E-state index is 5.11. The van der Waals surface area contributed by atoms with Crippen LogP contribution in [0.25, 0.3) is 67.3 Å². The van der Waals surface area contributed by atoms with Crippen LogP contribution in [0, 0.1) is 0 Å². The van der Waals surface area contributed by atoms with Gasteiger partial charge in [-0.15, -0.1) is 0 Å². The van der Waals surface area contributed by atoms with Crippen molar-refractivity contribution in [2.24, 2.45) is 0 Å². The molecule has 48 heavy (non-hydrogen) atoms. The molecule has 1 spiro atoms. The number of hydrogen-bond donors (Lipinski definition) is 0. The highest BCUT2D eigenvalue weighted by Gasteiger charge is 2.45. The van der Waals surface area contributed by atoms with E-state index in [4.69, 9.17) is 9.97 Å². The van der Waals surface area contributed by atoms with Crippen LogP contribution < -0.4 is 0 Å². The summed E-state index contributed by atoms with van der Waals surface area (Å²) in [5.74, 6) is 0.734. The van der Waals surface area contributed by atoms with E-state index in [9.17, 15) is 0 Å². The smallest absolute Gasteiger partial charge is 0.160 e. The van der Waals surface area contributed by atoms with E-state index in [2.05, 4.69) is 140 Å². The van der Waals surface area contributed by atoms with Gasteiger partial charge in [0.05, 0.1) is 11.4 Å². The lowest BCUT2D eigenvalue weighted by Gasteiger charge is -2.37. The highest BCUT2D eigenvalue weighted by Crippen LogP contribution is 2.58. The molecule has 6 aromatic carbocycles. The second kappa shape index (κ2) is 11.9. The van der Waals surface area contributed by atoms with Crippen molar-refractivity contribution in [2.75, 3.05) is 0 Å². The van der Waals surface area contributed by atoms with E-state index < -0.39 is 0 Å². The molecule has 0 radical (unpaired) electrons. The van der Waals surface area contributed by atoms with Crippen molar-refractivity contribution in [1.29, 1.82) is 0 Å². The molecule has 7 aromatic rings. The fraction of sp³-hybridized carbons (Fsp3) is 0.130. The molecule has 2 nitrogen and oxygen atoms in total. The normalized spacial score (nSPS) is 14.4. The van der Waals surface area contributed by atoms with Crippen LogP contribution in [0.2, 0.25) is 0 Å². The number of benzene rings is 6. The summed E-state index contributed by atoms with van der Waals surface area (Å²) >= 11 is 0. The quantitative estimate of drug-likeness (QED) is 0.192. The Morgan fingerprint density at radius 3 is 1.54 bits per heavy atom. The van der Waals surface area contributed by atoms with Crippen LogP contribution in [0.3, 0.4) is 0 Å². The van der Waals surface area contributed by atoms with Crippen LogP contribution in [-0.2, 0) is 5.41 Å². The zero-order valence-corrected chi connectivity index (χ0v) is 26.9. The van der Waals surface area contributed by atoms with Crippen molar-refractivity contribution in [1.82, 2.24) is 9.97 Å². The molecule has 0 atom stereocenters. The number of rotatable bonds is 5. The van der Waals surface area contributed by atoms with E-state index in [1.807, 2.05) is 18.2 Å². The van der Waals surface area contributed by atoms with Crippen LogP contribution in [0.5, 0.6) is 0 Å². The molecule has 9 rings (SSSR count). The average molecular weight is 617 g/mol. The van der Waals surface area contributed by atoms with Gasteiger partial charge < -0.3 is 0 Å². The van der Waals surface area contributed by atoms with Crippen LogP contribution in [-0.4, -0.2) is 9.97 Å². The summed E-state index contributed by atoms with van der Waals surface area (Å²) in [6.07, 6.45) is 6.36. The summed E-state index contributed by atoms with van der Waals surface area (Å²) in [5.41, 5.74) is 16.1. The first-order valence-electron chi connectivity index (χ1n) is 17.2. The molecule has 0 bridgehead atoms. The van der Waals surface area contributed by atoms with E-state index >= 15 is 0 Å². The Kier molecular flexibility index (Phi) is 7.08. The molecule has 2 aliphatic rings. The minimum Gasteiger partial charge on any atom is -0.228 e. The van der Waals surface area contributed by atoms with Crippen LogP contribution in [0.1, 0.15) is 43.2 Å². The predicted octanol–water partition coefficient (Wildman–Crippen LogP) is 12.0. The Balaban J connectivity index is 1.12. The Morgan fingerprint density at radius 1 is 0.375 bits per heavy atom. The number of aromatic nitrogens is 2. The lowest BCUT2D eigenvalue weighted by molar-refractivity contribution is 0.353. The lowest BCUT2D eigenvalue weighted by atomic mass is 9.66. The van der Waals surface area contributed by atoms with Crippen LogP contribution in [0.15, 0.2) is 158 Å². The maximum Gasteiger partial charge on any atom is 0.160 e. The van der Waals surface area contributed by atoms with Crippen molar-refractivity contribution in [3.8, 4) is 67.3 Å². The lowest BCUT2D eigenvalue weighted by Crippen LogP contribution is -2.28. The first-order valence-corrected chi connectivity index (χ1v) is 17.2. The van der Waals surface area contributed by atoms with Crippen molar-refractivity contribution in [3.63, 3.8) is 0 Å². The van der Waals surface area contributed by atoms with E-state index in [0.717, 1.165) is 33.9 Å². The van der Waals surface area contributed by atoms with Gasteiger partial charge in [-0.05, 0) is 63.4 Å². The third-order valence-corrected chi connectivity index (χ3v) is 10.5. The van der Waals surface area contributed by atoms with Gasteiger partial charge >= 0.3 is 0 Å². The van der Waals surface area contributed by atoms with E-state index in [-0.39, 0.29) is 5.41 Å². The SMILES string of the molecule is c1ccc(-c2ccc(-c3cc(-c4ccc(-c5cccc6c5C5(CCCCC5)c5ccccc5-6)cc4)nc(-c4ccccc4)n3)cc2)cc1. The zero-order valence-electron chi connectivity index (χ0n) is 26.9. The monoisotopic (exact) mass is 616 g/mol. The molecule has 1 aromatic heterocycles. The van der Waals surface area contributed by atoms with E-state index in [1.165, 1.54) is 76.6 Å². The summed E-state index contributed by atoms with van der Waals surface area (Å²) in [5, 5.41) is 0. The summed E-state index contributed by atoms with van der Waals surface area (Å²) in [6, 6.07) is 56.8. The molecule has 1 saturated carbocycles. The maximum absolute atomic E-state index is 5.11. The number of nitrogens with zero attached hydrogens (tertiary/aromatic N) is 2. The Morgan fingerprint density at radius 2 is 0.875 bits per heavy atom. The molecule has 0 saturated heterocycles. The molecule has 0 unspecified atom stereocenters. The second-order valence-corrected chi connectivity index (χ2v) is 13.3. The molecule has 2 heteroatoms. The molecule has 230 valence electrons. The van der Waals surface area contributed by atoms with Crippen LogP contribution in [0.4, 0.5) is 0 Å². The summed E-state index contributed by atoms with van der Waals surface area (Å²) in [4.78, 5) is 10.2. The van der Waals surface area contributed by atoms with Crippen molar-refractivity contribution >= 4 is 0 Å². The van der Waals surface area contributed by atoms with Gasteiger partial charge in [-0.3, -0.25) is 0 Å². The molecule has 2 aliphatic carbocycles. The van der Waals surface area contributed by atoms with E-state index in [1.54, 1.807) is 0 Å². The zero-order chi connectivity index (χ0) is 31.9. The van der Waals surface area contributed by atoms with Gasteiger partial charge in [0, 0.05) is 22.1 Å². The number of hydrogen-bond acceptors (Lipinski definition) is 2. The first-order chi connectivity index (χ1) is 23.8. The van der Waals surface area contributed by atoms with Crippen molar-refractivity contribution < 1.29 is 0 Å². The molecule has 0 N–H and O–H groups in total. The van der Waals surface area contributed by atoms with Gasteiger partial charge in [0.1, 0.15) is 0 Å². The van der Waals surface area contributed by atoms with Crippen LogP contribution >= 0.6 is 0 Å². The number of fused-ring (bicyclic) bond motifs is 5. The molecule has 0 aliphatic heterocycles. The molecular formula is C46H36N2. The van der Waals surface area contributed by atoms with Gasteiger partial charge in [-0.2, -0.15) is 0 Å². The summed E-state index contributed by atoms with van der Waals surface area (Å²) in [6.45, 7) is 0. The molecule has 1 heterocycles. The summed E-state index contributed by atoms with van der Waals surface area (Å²) < 4.78 is 0. The van der Waals surface area contributed by atoms with Gasteiger partial charge in [-0.1, -0.05) is 171 Å². The Bertz CT molecular complexity index is 2230. The van der Waals surface area contributed by atoms with Crippen molar-refractivity contribution in [3.05, 3.63) is 169 Å². The van der Waals surface area contributed by atoms with Gasteiger partial charge in [0.25, 0.3) is 0 Å². The fourth-order valence-electron chi connectivity index (χ4n) is 8.22. The highest BCUT2D eigenvalue weighted by atomic mass is 14.9. The third-order valence-electron chi connectivity index (χ3n) is 10.5. The second-order valence-electron chi connectivity index (χ2n) is 13.3. The van der Waals surface area contributed by atoms with Gasteiger partial charge in [0.2, 0.25) is 0 Å². The average Bonchev–Trinajstić information content (AvgIpc) is 3.44. The first kappa shape index (κ1) is 28.6. The van der Waals surface area contributed by atoms with Gasteiger partial charge in [-0.25, -0.2) is 9.97 Å². The third kappa shape index (κ3) is 4.88.